The van der Waals surface area contributed by atoms with E-state index in [1.807, 2.05) is 42.5 Å². The van der Waals surface area contributed by atoms with Crippen LogP contribution in [-0.2, 0) is 6.42 Å². The van der Waals surface area contributed by atoms with Gasteiger partial charge >= 0.3 is 0 Å². The zero-order valence-electron chi connectivity index (χ0n) is 14.1. The molecule has 0 radical (unpaired) electrons. The lowest BCUT2D eigenvalue weighted by Crippen LogP contribution is -2.28. The van der Waals surface area contributed by atoms with Gasteiger partial charge in [0.15, 0.2) is 0 Å². The Morgan fingerprint density at radius 2 is 1.84 bits per heavy atom. The fourth-order valence-corrected chi connectivity index (χ4v) is 2.91. The molecular weight excluding hydrogens is 334 g/mol. The molecule has 0 unspecified atom stereocenters. The molecule has 4 nitrogen and oxygen atoms in total. The van der Waals surface area contributed by atoms with E-state index in [0.29, 0.717) is 17.1 Å². The minimum Gasteiger partial charge on any atom is -0.342 e. The quantitative estimate of drug-likeness (QED) is 0.712. The molecule has 0 spiro atoms. The molecule has 0 aliphatic heterocycles. The van der Waals surface area contributed by atoms with E-state index in [9.17, 15) is 4.79 Å². The number of hydrogen-bond acceptors (Lipinski definition) is 2. The van der Waals surface area contributed by atoms with Gasteiger partial charge in [0.25, 0.3) is 5.91 Å². The lowest BCUT2D eigenvalue weighted by molar-refractivity contribution is 0.0793. The van der Waals surface area contributed by atoms with Crippen molar-refractivity contribution in [2.45, 2.75) is 12.8 Å². The maximum Gasteiger partial charge on any atom is 0.255 e. The molecule has 2 aromatic carbocycles. The zero-order chi connectivity index (χ0) is 17.6. The number of halogens is 1. The number of hydrogen-bond donors (Lipinski definition) is 1. The number of amides is 1. The Morgan fingerprint density at radius 3 is 2.60 bits per heavy atom. The molecule has 3 aromatic rings. The van der Waals surface area contributed by atoms with Gasteiger partial charge < -0.3 is 4.90 Å². The SMILES string of the molecule is CN(CCCc1cc(-c2ccccc2)n[nH]1)C(=O)c1ccccc1Cl. The molecule has 0 saturated heterocycles. The van der Waals surface area contributed by atoms with Crippen molar-refractivity contribution in [2.75, 3.05) is 13.6 Å². The van der Waals surface area contributed by atoms with Crippen LogP contribution in [-0.4, -0.2) is 34.6 Å². The maximum atomic E-state index is 12.4. The average Bonchev–Trinajstić information content (AvgIpc) is 3.11. The van der Waals surface area contributed by atoms with Gasteiger partial charge in [-0.3, -0.25) is 9.89 Å². The number of aromatic nitrogens is 2. The number of H-pyrrole nitrogens is 1. The Bertz CT molecular complexity index is 845. The van der Waals surface area contributed by atoms with E-state index in [2.05, 4.69) is 16.3 Å². The molecule has 128 valence electrons. The standard InChI is InChI=1S/C20H20ClN3O/c1-24(20(25)17-11-5-6-12-18(17)21)13-7-10-16-14-19(23-22-16)15-8-3-2-4-9-15/h2-6,8-9,11-12,14H,7,10,13H2,1H3,(H,22,23). The van der Waals surface area contributed by atoms with Crippen LogP contribution >= 0.6 is 11.6 Å². The van der Waals surface area contributed by atoms with Crippen molar-refractivity contribution < 1.29 is 4.79 Å². The van der Waals surface area contributed by atoms with E-state index in [0.717, 1.165) is 29.8 Å². The second-order valence-electron chi connectivity index (χ2n) is 5.95. The van der Waals surface area contributed by atoms with E-state index >= 15 is 0 Å². The molecular formula is C20H20ClN3O. The third-order valence-corrected chi connectivity index (χ3v) is 4.42. The van der Waals surface area contributed by atoms with Crippen LogP contribution in [0.1, 0.15) is 22.5 Å². The van der Waals surface area contributed by atoms with E-state index < -0.39 is 0 Å². The summed E-state index contributed by atoms with van der Waals surface area (Å²) in [6.45, 7) is 0.656. The predicted octanol–water partition coefficient (Wildman–Crippen LogP) is 4.43. The number of aromatic amines is 1. The molecule has 0 bridgehead atoms. The van der Waals surface area contributed by atoms with E-state index in [4.69, 9.17) is 11.6 Å². The molecule has 25 heavy (non-hydrogen) atoms. The Balaban J connectivity index is 1.54. The summed E-state index contributed by atoms with van der Waals surface area (Å²) in [5.41, 5.74) is 3.64. The normalized spacial score (nSPS) is 10.6. The van der Waals surface area contributed by atoms with E-state index in [1.54, 1.807) is 24.1 Å². The Hall–Kier alpha value is -2.59. The molecule has 0 saturated carbocycles. The van der Waals surface area contributed by atoms with E-state index in [-0.39, 0.29) is 5.91 Å². The van der Waals surface area contributed by atoms with Gasteiger partial charge in [0.2, 0.25) is 0 Å². The first-order valence-electron chi connectivity index (χ1n) is 8.25. The highest BCUT2D eigenvalue weighted by atomic mass is 35.5. The molecule has 1 aromatic heterocycles. The van der Waals surface area contributed by atoms with Crippen molar-refractivity contribution in [3.63, 3.8) is 0 Å². The van der Waals surface area contributed by atoms with Gasteiger partial charge in [-0.2, -0.15) is 5.10 Å². The molecule has 0 atom stereocenters. The largest absolute Gasteiger partial charge is 0.342 e. The third kappa shape index (κ3) is 4.28. The second kappa shape index (κ2) is 7.99. The summed E-state index contributed by atoms with van der Waals surface area (Å²) in [5.74, 6) is -0.0554. The molecule has 1 N–H and O–H groups in total. The van der Waals surface area contributed by atoms with Gasteiger partial charge in [0.05, 0.1) is 16.3 Å². The van der Waals surface area contributed by atoms with Crippen LogP contribution in [0, 0.1) is 0 Å². The van der Waals surface area contributed by atoms with Gasteiger partial charge in [-0.05, 0) is 31.0 Å². The number of carbonyl (C=O) groups is 1. The number of rotatable bonds is 6. The smallest absolute Gasteiger partial charge is 0.255 e. The summed E-state index contributed by atoms with van der Waals surface area (Å²) >= 11 is 6.09. The number of nitrogens with zero attached hydrogens (tertiary/aromatic N) is 2. The maximum absolute atomic E-state index is 12.4. The minimum absolute atomic E-state index is 0.0554. The number of nitrogens with one attached hydrogen (secondary N) is 1. The number of aryl methyl sites for hydroxylation is 1. The fourth-order valence-electron chi connectivity index (χ4n) is 2.69. The summed E-state index contributed by atoms with van der Waals surface area (Å²) in [4.78, 5) is 14.1. The molecule has 1 heterocycles. The van der Waals surface area contributed by atoms with Crippen LogP contribution in [0.2, 0.25) is 5.02 Å². The van der Waals surface area contributed by atoms with E-state index in [1.165, 1.54) is 0 Å². The Labute approximate surface area is 152 Å². The molecule has 0 aliphatic carbocycles. The lowest BCUT2D eigenvalue weighted by Gasteiger charge is -2.17. The molecule has 3 rings (SSSR count). The van der Waals surface area contributed by atoms with Gasteiger partial charge in [-0.25, -0.2) is 0 Å². The lowest BCUT2D eigenvalue weighted by atomic mass is 10.1. The van der Waals surface area contributed by atoms with Crippen molar-refractivity contribution >= 4 is 17.5 Å². The van der Waals surface area contributed by atoms with Crippen molar-refractivity contribution in [3.8, 4) is 11.3 Å². The van der Waals surface area contributed by atoms with Crippen LogP contribution in [0.5, 0.6) is 0 Å². The first kappa shape index (κ1) is 17.2. The highest BCUT2D eigenvalue weighted by Gasteiger charge is 2.14. The first-order chi connectivity index (χ1) is 12.1. The van der Waals surface area contributed by atoms with Gasteiger partial charge in [-0.15, -0.1) is 0 Å². The zero-order valence-corrected chi connectivity index (χ0v) is 14.8. The second-order valence-corrected chi connectivity index (χ2v) is 6.36. The Kier molecular flexibility index (Phi) is 5.51. The molecule has 5 heteroatoms. The summed E-state index contributed by atoms with van der Waals surface area (Å²) in [6.07, 6.45) is 1.68. The van der Waals surface area contributed by atoms with Crippen molar-refractivity contribution in [2.24, 2.45) is 0 Å². The third-order valence-electron chi connectivity index (χ3n) is 4.09. The molecule has 1 amide bonds. The summed E-state index contributed by atoms with van der Waals surface area (Å²) in [6, 6.07) is 19.3. The van der Waals surface area contributed by atoms with Crippen LogP contribution in [0.15, 0.2) is 60.7 Å². The number of carbonyl (C=O) groups excluding carboxylic acids is 1. The van der Waals surface area contributed by atoms with Crippen LogP contribution in [0.25, 0.3) is 11.3 Å². The topological polar surface area (TPSA) is 49.0 Å². The summed E-state index contributed by atoms with van der Waals surface area (Å²) in [5, 5.41) is 7.92. The Morgan fingerprint density at radius 1 is 1.12 bits per heavy atom. The highest BCUT2D eigenvalue weighted by Crippen LogP contribution is 2.18. The molecule has 0 fully saturated rings. The van der Waals surface area contributed by atoms with Gasteiger partial charge in [0.1, 0.15) is 0 Å². The highest BCUT2D eigenvalue weighted by molar-refractivity contribution is 6.33. The van der Waals surface area contributed by atoms with Crippen LogP contribution in [0.3, 0.4) is 0 Å². The summed E-state index contributed by atoms with van der Waals surface area (Å²) in [7, 11) is 1.80. The van der Waals surface area contributed by atoms with Crippen LogP contribution < -0.4 is 0 Å². The predicted molar refractivity (Wildman–Crippen MR) is 101 cm³/mol. The molecule has 0 aliphatic rings. The van der Waals surface area contributed by atoms with Gasteiger partial charge in [0, 0.05) is 24.8 Å². The fraction of sp³-hybridized carbons (Fsp3) is 0.200. The van der Waals surface area contributed by atoms with Crippen molar-refractivity contribution in [1.82, 2.24) is 15.1 Å². The van der Waals surface area contributed by atoms with Crippen LogP contribution in [0.4, 0.5) is 0 Å². The van der Waals surface area contributed by atoms with Gasteiger partial charge in [-0.1, -0.05) is 54.1 Å². The minimum atomic E-state index is -0.0554. The number of benzene rings is 2. The first-order valence-corrected chi connectivity index (χ1v) is 8.62. The van der Waals surface area contributed by atoms with Crippen molar-refractivity contribution in [3.05, 3.63) is 76.9 Å². The average molecular weight is 354 g/mol. The van der Waals surface area contributed by atoms with Crippen molar-refractivity contribution in [1.29, 1.82) is 0 Å². The summed E-state index contributed by atoms with van der Waals surface area (Å²) < 4.78 is 0. The monoisotopic (exact) mass is 353 g/mol.